The van der Waals surface area contributed by atoms with Crippen LogP contribution in [-0.2, 0) is 5.41 Å². The predicted molar refractivity (Wildman–Crippen MR) is 246 cm³/mol. The number of hydrogen-bond donors (Lipinski definition) is 0. The summed E-state index contributed by atoms with van der Waals surface area (Å²) in [5, 5.41) is 7.05. The number of furan rings is 1. The van der Waals surface area contributed by atoms with Gasteiger partial charge in [-0.15, -0.1) is 0 Å². The Morgan fingerprint density at radius 1 is 0.339 bits per heavy atom. The van der Waals surface area contributed by atoms with Crippen molar-refractivity contribution >= 4 is 60.5 Å². The molecule has 0 atom stereocenters. The first-order valence-electron chi connectivity index (χ1n) is 20.3. The maximum atomic E-state index is 6.54. The van der Waals surface area contributed by atoms with Crippen molar-refractivity contribution in [1.82, 2.24) is 0 Å². The molecular weight excluding hydrogens is 715 g/mol. The molecule has 0 saturated carbocycles. The van der Waals surface area contributed by atoms with Crippen LogP contribution in [0.2, 0.25) is 0 Å². The van der Waals surface area contributed by atoms with Gasteiger partial charge >= 0.3 is 0 Å². The molecule has 10 aromatic carbocycles. The zero-order valence-corrected chi connectivity index (χ0v) is 32.2. The maximum absolute atomic E-state index is 6.54. The molecule has 0 aliphatic heterocycles. The van der Waals surface area contributed by atoms with Crippen LogP contribution in [-0.4, -0.2) is 0 Å². The Hall–Kier alpha value is -7.68. The number of benzene rings is 10. The van der Waals surface area contributed by atoms with Gasteiger partial charge in [-0.2, -0.15) is 0 Å². The van der Waals surface area contributed by atoms with Crippen LogP contribution in [0.5, 0.6) is 0 Å². The molecule has 0 N–H and O–H groups in total. The number of hydrogen-bond acceptors (Lipinski definition) is 2. The van der Waals surface area contributed by atoms with E-state index in [1.54, 1.807) is 0 Å². The summed E-state index contributed by atoms with van der Waals surface area (Å²) in [5.41, 5.74) is 14.5. The van der Waals surface area contributed by atoms with Crippen LogP contribution in [0.15, 0.2) is 229 Å². The van der Waals surface area contributed by atoms with Crippen molar-refractivity contribution in [3.05, 3.63) is 247 Å². The van der Waals surface area contributed by atoms with Crippen LogP contribution in [0.1, 0.15) is 22.3 Å². The molecule has 1 aliphatic carbocycles. The molecule has 1 heterocycles. The molecule has 2 nitrogen and oxygen atoms in total. The van der Waals surface area contributed by atoms with Crippen LogP contribution in [0.25, 0.3) is 65.7 Å². The molecule has 0 unspecified atom stereocenters. The Bertz CT molecular complexity index is 3330. The minimum absolute atomic E-state index is 0.481. The Kier molecular flexibility index (Phi) is 7.48. The predicted octanol–water partition coefficient (Wildman–Crippen LogP) is 15.4. The average Bonchev–Trinajstić information content (AvgIpc) is 3.83. The lowest BCUT2D eigenvalue weighted by atomic mass is 9.68. The minimum Gasteiger partial charge on any atom is -0.456 e. The van der Waals surface area contributed by atoms with Gasteiger partial charge in [0.05, 0.1) is 11.1 Å². The lowest BCUT2D eigenvalue weighted by Gasteiger charge is -2.34. The Morgan fingerprint density at radius 2 is 0.915 bits per heavy atom. The van der Waals surface area contributed by atoms with Crippen LogP contribution in [0.3, 0.4) is 0 Å². The van der Waals surface area contributed by atoms with Crippen molar-refractivity contribution in [3.63, 3.8) is 0 Å². The summed E-state index contributed by atoms with van der Waals surface area (Å²) < 4.78 is 6.54. The van der Waals surface area contributed by atoms with Gasteiger partial charge in [-0.3, -0.25) is 0 Å². The second-order valence-electron chi connectivity index (χ2n) is 15.6. The van der Waals surface area contributed by atoms with E-state index >= 15 is 0 Å². The van der Waals surface area contributed by atoms with Gasteiger partial charge < -0.3 is 9.32 Å². The van der Waals surface area contributed by atoms with Crippen molar-refractivity contribution < 1.29 is 4.42 Å². The van der Waals surface area contributed by atoms with Gasteiger partial charge in [-0.1, -0.05) is 176 Å². The lowest BCUT2D eigenvalue weighted by molar-refractivity contribution is 0.669. The molecular formula is C57H37NO. The molecule has 1 aliphatic rings. The standard InChI is InChI=1S/C57H37NO/c1-3-15-38(16-4-1)39-27-33-46-45-20-8-7-17-40(45)36-54(51(46)35-39)58(44-32-34-50-49-23-11-14-26-55(49)59-56(50)37-44)43-30-28-42(29-31-43)57(41-18-5-2-6-19-41)52-24-12-9-21-47(52)48-22-10-13-25-53(48)57/h1-37H. The monoisotopic (exact) mass is 751 g/mol. The summed E-state index contributed by atoms with van der Waals surface area (Å²) in [6.45, 7) is 0. The van der Waals surface area contributed by atoms with E-state index in [1.807, 2.05) is 6.07 Å². The fourth-order valence-electron chi connectivity index (χ4n) is 9.93. The quantitative estimate of drug-likeness (QED) is 0.157. The van der Waals surface area contributed by atoms with Gasteiger partial charge in [0.1, 0.15) is 11.2 Å². The summed E-state index contributed by atoms with van der Waals surface area (Å²) in [7, 11) is 0. The highest BCUT2D eigenvalue weighted by Gasteiger charge is 2.45. The average molecular weight is 752 g/mol. The van der Waals surface area contributed by atoms with E-state index < -0.39 is 5.41 Å². The highest BCUT2D eigenvalue weighted by molar-refractivity contribution is 6.16. The molecule has 0 amide bonds. The summed E-state index contributed by atoms with van der Waals surface area (Å²) in [5.74, 6) is 0. The van der Waals surface area contributed by atoms with Crippen molar-refractivity contribution in [2.24, 2.45) is 0 Å². The highest BCUT2D eigenvalue weighted by Crippen LogP contribution is 2.56. The molecule has 2 heteroatoms. The zero-order chi connectivity index (χ0) is 38.9. The van der Waals surface area contributed by atoms with E-state index in [2.05, 4.69) is 223 Å². The van der Waals surface area contributed by atoms with Crippen molar-refractivity contribution in [2.75, 3.05) is 4.90 Å². The fraction of sp³-hybridized carbons (Fsp3) is 0.0175. The third-order valence-corrected chi connectivity index (χ3v) is 12.5. The largest absolute Gasteiger partial charge is 0.456 e. The molecule has 0 fully saturated rings. The second kappa shape index (κ2) is 13.2. The maximum Gasteiger partial charge on any atom is 0.137 e. The molecule has 0 bridgehead atoms. The molecule has 1 aromatic heterocycles. The van der Waals surface area contributed by atoms with Gasteiger partial charge in [0.2, 0.25) is 0 Å². The molecule has 0 radical (unpaired) electrons. The number of rotatable bonds is 6. The lowest BCUT2D eigenvalue weighted by Crippen LogP contribution is -2.28. The van der Waals surface area contributed by atoms with E-state index in [4.69, 9.17) is 4.42 Å². The third kappa shape index (κ3) is 5.06. The van der Waals surface area contributed by atoms with Crippen LogP contribution in [0, 0.1) is 0 Å². The van der Waals surface area contributed by atoms with E-state index in [0.29, 0.717) is 0 Å². The van der Waals surface area contributed by atoms with Gasteiger partial charge in [-0.25, -0.2) is 0 Å². The van der Waals surface area contributed by atoms with Gasteiger partial charge in [0.25, 0.3) is 0 Å². The summed E-state index contributed by atoms with van der Waals surface area (Å²) in [6, 6.07) is 81.9. The first-order valence-corrected chi connectivity index (χ1v) is 20.3. The van der Waals surface area contributed by atoms with E-state index in [0.717, 1.165) is 39.0 Å². The highest BCUT2D eigenvalue weighted by atomic mass is 16.3. The topological polar surface area (TPSA) is 16.4 Å². The SMILES string of the molecule is c1ccc(-c2ccc3c(c2)c(N(c2ccc(C4(c5ccccc5)c5ccccc5-c5ccccc54)cc2)c2ccc4c(c2)oc2ccccc24)cc2ccccc23)cc1. The Balaban J connectivity index is 1.12. The van der Waals surface area contributed by atoms with E-state index in [-0.39, 0.29) is 0 Å². The third-order valence-electron chi connectivity index (χ3n) is 12.5. The molecule has 11 aromatic rings. The normalized spacial score (nSPS) is 12.9. The number of anilines is 3. The van der Waals surface area contributed by atoms with Gasteiger partial charge in [0, 0.05) is 33.6 Å². The van der Waals surface area contributed by atoms with Crippen molar-refractivity contribution in [1.29, 1.82) is 0 Å². The molecule has 0 saturated heterocycles. The number of nitrogens with zero attached hydrogens (tertiary/aromatic N) is 1. The van der Waals surface area contributed by atoms with Crippen LogP contribution >= 0.6 is 0 Å². The van der Waals surface area contributed by atoms with E-state index in [9.17, 15) is 0 Å². The van der Waals surface area contributed by atoms with E-state index in [1.165, 1.54) is 66.1 Å². The van der Waals surface area contributed by atoms with Gasteiger partial charge in [-0.05, 0) is 103 Å². The van der Waals surface area contributed by atoms with Crippen molar-refractivity contribution in [3.8, 4) is 22.3 Å². The minimum atomic E-state index is -0.481. The Labute approximate surface area is 342 Å². The number of para-hydroxylation sites is 1. The second-order valence-corrected chi connectivity index (χ2v) is 15.6. The smallest absolute Gasteiger partial charge is 0.137 e. The first-order chi connectivity index (χ1) is 29.3. The molecule has 59 heavy (non-hydrogen) atoms. The summed E-state index contributed by atoms with van der Waals surface area (Å²) >= 11 is 0. The van der Waals surface area contributed by atoms with Crippen LogP contribution < -0.4 is 4.90 Å². The summed E-state index contributed by atoms with van der Waals surface area (Å²) in [4.78, 5) is 2.42. The Morgan fingerprint density at radius 3 is 1.68 bits per heavy atom. The first kappa shape index (κ1) is 33.5. The zero-order valence-electron chi connectivity index (χ0n) is 32.2. The molecule has 12 rings (SSSR count). The molecule has 276 valence electrons. The fourth-order valence-corrected chi connectivity index (χ4v) is 9.93. The summed E-state index contributed by atoms with van der Waals surface area (Å²) in [6.07, 6.45) is 0. The van der Waals surface area contributed by atoms with Gasteiger partial charge in [0.15, 0.2) is 0 Å². The van der Waals surface area contributed by atoms with Crippen LogP contribution in [0.4, 0.5) is 17.1 Å². The number of fused-ring (bicyclic) bond motifs is 9. The molecule has 0 spiro atoms. The van der Waals surface area contributed by atoms with Crippen molar-refractivity contribution in [2.45, 2.75) is 5.41 Å².